The van der Waals surface area contributed by atoms with Crippen LogP contribution in [0.15, 0.2) is 91.0 Å². The van der Waals surface area contributed by atoms with Crippen molar-refractivity contribution in [3.63, 3.8) is 0 Å². The topological polar surface area (TPSA) is 66.8 Å². The van der Waals surface area contributed by atoms with Gasteiger partial charge in [0.25, 0.3) is 0 Å². The summed E-state index contributed by atoms with van der Waals surface area (Å²) in [6.07, 6.45) is 0. The predicted molar refractivity (Wildman–Crippen MR) is 132 cm³/mol. The molecule has 0 saturated carbocycles. The van der Waals surface area contributed by atoms with Gasteiger partial charge in [0, 0.05) is 5.56 Å². The Morgan fingerprint density at radius 2 is 1.25 bits per heavy atom. The van der Waals surface area contributed by atoms with Gasteiger partial charge in [-0.25, -0.2) is 28.6 Å². The second-order valence-corrected chi connectivity index (χ2v) is 7.84. The second kappa shape index (κ2) is 9.54. The zero-order valence-corrected chi connectivity index (χ0v) is 18.7. The fourth-order valence-corrected chi connectivity index (χ4v) is 3.73. The minimum Gasteiger partial charge on any atom is -0.238 e. The van der Waals surface area contributed by atoms with Crippen LogP contribution in [0.2, 0.25) is 0 Å². The van der Waals surface area contributed by atoms with Crippen molar-refractivity contribution in [2.75, 3.05) is 0 Å². The third kappa shape index (κ3) is 4.42. The molecule has 5 nitrogen and oxygen atoms in total. The summed E-state index contributed by atoms with van der Waals surface area (Å²) in [5.41, 5.74) is 2.84. The molecule has 7 heteroatoms. The summed E-state index contributed by atoms with van der Waals surface area (Å²) in [4.78, 5) is 16.8. The van der Waals surface area contributed by atoms with Crippen LogP contribution < -0.4 is 0 Å². The summed E-state index contributed by atoms with van der Waals surface area (Å²) in [7, 11) is 0. The Morgan fingerprint density at radius 1 is 0.639 bits per heavy atom. The lowest BCUT2D eigenvalue weighted by Gasteiger charge is -2.11. The van der Waals surface area contributed by atoms with E-state index in [4.69, 9.17) is 6.57 Å². The standard InChI is InChI=1S/C29H15F2N5/c1-33-22-9-5-8-20(15-22)21-11-13-26(31)24(16-21)29-35-27(19-6-3-2-4-7-19)34-28(36-29)23-14-18(17-32)10-12-25(23)30/h2-16H. The van der Waals surface area contributed by atoms with Crippen LogP contribution in [-0.2, 0) is 0 Å². The Bertz CT molecular complexity index is 1690. The highest BCUT2D eigenvalue weighted by molar-refractivity contribution is 5.75. The van der Waals surface area contributed by atoms with Crippen LogP contribution in [0.25, 0.3) is 50.1 Å². The zero-order chi connectivity index (χ0) is 25.1. The van der Waals surface area contributed by atoms with Crippen LogP contribution in [0.3, 0.4) is 0 Å². The predicted octanol–water partition coefficient (Wildman–Crippen LogP) is 7.24. The van der Waals surface area contributed by atoms with Crippen LogP contribution in [-0.4, -0.2) is 15.0 Å². The summed E-state index contributed by atoms with van der Waals surface area (Å²) in [6.45, 7) is 7.26. The van der Waals surface area contributed by atoms with Crippen molar-refractivity contribution >= 4 is 5.69 Å². The lowest BCUT2D eigenvalue weighted by atomic mass is 10.0. The van der Waals surface area contributed by atoms with E-state index in [1.165, 1.54) is 24.3 Å². The van der Waals surface area contributed by atoms with E-state index in [1.54, 1.807) is 54.6 Å². The summed E-state index contributed by atoms with van der Waals surface area (Å²) < 4.78 is 29.9. The van der Waals surface area contributed by atoms with E-state index in [1.807, 2.05) is 18.2 Å². The summed E-state index contributed by atoms with van der Waals surface area (Å²) >= 11 is 0. The van der Waals surface area contributed by atoms with Crippen molar-refractivity contribution in [3.05, 3.63) is 120 Å². The Morgan fingerprint density at radius 3 is 1.94 bits per heavy atom. The van der Waals surface area contributed by atoms with Crippen LogP contribution in [0.4, 0.5) is 14.5 Å². The van der Waals surface area contributed by atoms with Gasteiger partial charge >= 0.3 is 0 Å². The molecule has 5 aromatic rings. The molecule has 0 atom stereocenters. The molecule has 0 radical (unpaired) electrons. The quantitative estimate of drug-likeness (QED) is 0.259. The van der Waals surface area contributed by atoms with Gasteiger partial charge in [0.05, 0.1) is 29.3 Å². The first-order chi connectivity index (χ1) is 17.6. The maximum atomic E-state index is 15.1. The monoisotopic (exact) mass is 471 g/mol. The summed E-state index contributed by atoms with van der Waals surface area (Å²) in [5.74, 6) is -0.954. The normalized spacial score (nSPS) is 10.4. The zero-order valence-electron chi connectivity index (χ0n) is 18.7. The molecular formula is C29H15F2N5. The smallest absolute Gasteiger partial charge is 0.187 e. The van der Waals surface area contributed by atoms with Gasteiger partial charge in [-0.1, -0.05) is 54.6 Å². The Labute approximate surface area is 205 Å². The molecule has 0 amide bonds. The molecule has 0 aliphatic carbocycles. The highest BCUT2D eigenvalue weighted by Crippen LogP contribution is 2.32. The van der Waals surface area contributed by atoms with Gasteiger partial charge in [0.1, 0.15) is 11.6 Å². The highest BCUT2D eigenvalue weighted by atomic mass is 19.1. The van der Waals surface area contributed by atoms with Crippen LogP contribution in [0.1, 0.15) is 5.56 Å². The van der Waals surface area contributed by atoms with E-state index in [-0.39, 0.29) is 34.2 Å². The van der Waals surface area contributed by atoms with Crippen LogP contribution in [0, 0.1) is 29.5 Å². The van der Waals surface area contributed by atoms with Crippen LogP contribution >= 0.6 is 0 Å². The average molecular weight is 471 g/mol. The molecule has 0 aliphatic rings. The van der Waals surface area contributed by atoms with Gasteiger partial charge in [-0.3, -0.25) is 0 Å². The van der Waals surface area contributed by atoms with Gasteiger partial charge in [-0.2, -0.15) is 5.26 Å². The summed E-state index contributed by atoms with van der Waals surface area (Å²) in [6, 6.07) is 26.4. The molecule has 0 fully saturated rings. The number of hydrogen-bond acceptors (Lipinski definition) is 4. The van der Waals surface area contributed by atoms with Crippen molar-refractivity contribution in [2.45, 2.75) is 0 Å². The lowest BCUT2D eigenvalue weighted by molar-refractivity contribution is 0.628. The number of nitriles is 1. The molecule has 1 heterocycles. The largest absolute Gasteiger partial charge is 0.238 e. The van der Waals surface area contributed by atoms with Crippen molar-refractivity contribution in [1.82, 2.24) is 15.0 Å². The Hall–Kier alpha value is -5.27. The molecule has 5 rings (SSSR count). The Balaban J connectivity index is 1.73. The number of rotatable bonds is 4. The molecule has 170 valence electrons. The van der Waals surface area contributed by atoms with E-state index in [2.05, 4.69) is 19.8 Å². The highest BCUT2D eigenvalue weighted by Gasteiger charge is 2.18. The number of halogens is 2. The van der Waals surface area contributed by atoms with Crippen molar-refractivity contribution in [3.8, 4) is 51.4 Å². The first kappa shape index (κ1) is 22.5. The molecule has 0 saturated heterocycles. The van der Waals surface area contributed by atoms with Gasteiger partial charge in [-0.15, -0.1) is 0 Å². The van der Waals surface area contributed by atoms with Crippen molar-refractivity contribution in [1.29, 1.82) is 5.26 Å². The van der Waals surface area contributed by atoms with E-state index in [0.29, 0.717) is 16.8 Å². The fraction of sp³-hybridized carbons (Fsp3) is 0. The maximum absolute atomic E-state index is 15.1. The first-order valence-electron chi connectivity index (χ1n) is 10.8. The number of benzene rings is 4. The van der Waals surface area contributed by atoms with E-state index >= 15 is 4.39 Å². The third-order valence-corrected chi connectivity index (χ3v) is 5.52. The fourth-order valence-electron chi connectivity index (χ4n) is 3.73. The Kier molecular flexibility index (Phi) is 5.96. The average Bonchev–Trinajstić information content (AvgIpc) is 2.94. The second-order valence-electron chi connectivity index (χ2n) is 7.84. The molecule has 0 spiro atoms. The minimum absolute atomic E-state index is 0.0104. The van der Waals surface area contributed by atoms with E-state index in [9.17, 15) is 9.65 Å². The lowest BCUT2D eigenvalue weighted by Crippen LogP contribution is -2.02. The molecule has 0 N–H and O–H groups in total. The molecule has 0 unspecified atom stereocenters. The molecule has 36 heavy (non-hydrogen) atoms. The van der Waals surface area contributed by atoms with E-state index in [0.717, 1.165) is 5.56 Å². The number of hydrogen-bond donors (Lipinski definition) is 0. The van der Waals surface area contributed by atoms with Gasteiger partial charge in [-0.05, 0) is 47.5 Å². The van der Waals surface area contributed by atoms with Crippen molar-refractivity contribution < 1.29 is 8.78 Å². The summed E-state index contributed by atoms with van der Waals surface area (Å²) in [5, 5.41) is 9.28. The molecule has 0 aliphatic heterocycles. The van der Waals surface area contributed by atoms with E-state index < -0.39 is 11.6 Å². The molecule has 4 aromatic carbocycles. The van der Waals surface area contributed by atoms with Gasteiger partial charge < -0.3 is 0 Å². The van der Waals surface area contributed by atoms with Crippen LogP contribution in [0.5, 0.6) is 0 Å². The molecular weight excluding hydrogens is 456 g/mol. The molecule has 0 bridgehead atoms. The minimum atomic E-state index is -0.615. The van der Waals surface area contributed by atoms with Gasteiger partial charge in [0.15, 0.2) is 23.2 Å². The SMILES string of the molecule is [C-]#[N+]c1cccc(-c2ccc(F)c(-c3nc(-c4ccccc4)nc(-c4cc(C#N)ccc4F)n3)c2)c1. The number of nitrogens with zero attached hydrogens (tertiary/aromatic N) is 5. The maximum Gasteiger partial charge on any atom is 0.187 e. The number of aromatic nitrogens is 3. The third-order valence-electron chi connectivity index (χ3n) is 5.52. The van der Waals surface area contributed by atoms with Crippen molar-refractivity contribution in [2.24, 2.45) is 0 Å². The van der Waals surface area contributed by atoms with Gasteiger partial charge in [0.2, 0.25) is 0 Å². The molecule has 1 aromatic heterocycles. The first-order valence-corrected chi connectivity index (χ1v) is 10.8.